The Balaban J connectivity index is 2.14. The summed E-state index contributed by atoms with van der Waals surface area (Å²) >= 11 is 1.72. The van der Waals surface area contributed by atoms with Crippen LogP contribution in [0.5, 0.6) is 0 Å². The number of aryl methyl sites for hydroxylation is 2. The summed E-state index contributed by atoms with van der Waals surface area (Å²) < 4.78 is 1.93. The van der Waals surface area contributed by atoms with Gasteiger partial charge in [0.1, 0.15) is 0 Å². The van der Waals surface area contributed by atoms with Crippen molar-refractivity contribution in [3.05, 3.63) is 34.0 Å². The first-order valence-corrected chi connectivity index (χ1v) is 4.97. The summed E-state index contributed by atoms with van der Waals surface area (Å²) in [6.07, 6.45) is 3.90. The molecule has 0 aliphatic carbocycles. The van der Waals surface area contributed by atoms with E-state index in [1.165, 1.54) is 4.88 Å². The maximum Gasteiger partial charge on any atom is 0.0897 e. The number of hydrogen-bond acceptors (Lipinski definition) is 3. The maximum absolute atomic E-state index is 4.31. The standard InChI is InChI=1S/C9H11N3S/c1-7-3-4-12(11-7)6-9-5-10-8(2)13-9/h3-5H,6H2,1-2H3. The van der Waals surface area contributed by atoms with Gasteiger partial charge in [-0.05, 0) is 19.9 Å². The summed E-state index contributed by atoms with van der Waals surface area (Å²) in [6.45, 7) is 4.84. The summed E-state index contributed by atoms with van der Waals surface area (Å²) in [5, 5.41) is 5.42. The van der Waals surface area contributed by atoms with Crippen molar-refractivity contribution in [3.8, 4) is 0 Å². The Labute approximate surface area is 81.1 Å². The van der Waals surface area contributed by atoms with E-state index in [0.717, 1.165) is 17.2 Å². The highest BCUT2D eigenvalue weighted by Gasteiger charge is 1.99. The van der Waals surface area contributed by atoms with Gasteiger partial charge in [-0.3, -0.25) is 4.68 Å². The zero-order valence-corrected chi connectivity index (χ0v) is 8.51. The van der Waals surface area contributed by atoms with Crippen LogP contribution in [0.15, 0.2) is 18.5 Å². The summed E-state index contributed by atoms with van der Waals surface area (Å²) in [6, 6.07) is 2.01. The van der Waals surface area contributed by atoms with Crippen LogP contribution in [0.2, 0.25) is 0 Å². The maximum atomic E-state index is 4.31. The Hall–Kier alpha value is -1.16. The minimum absolute atomic E-state index is 0.833. The average Bonchev–Trinajstić information content (AvgIpc) is 2.62. The summed E-state index contributed by atoms with van der Waals surface area (Å²) in [5.41, 5.74) is 1.06. The minimum Gasteiger partial charge on any atom is -0.267 e. The van der Waals surface area contributed by atoms with Gasteiger partial charge in [-0.2, -0.15) is 5.10 Å². The fraction of sp³-hybridized carbons (Fsp3) is 0.333. The third kappa shape index (κ3) is 1.95. The van der Waals surface area contributed by atoms with Crippen LogP contribution in [0.4, 0.5) is 0 Å². The van der Waals surface area contributed by atoms with E-state index in [4.69, 9.17) is 0 Å². The minimum atomic E-state index is 0.833. The van der Waals surface area contributed by atoms with Gasteiger partial charge in [0.15, 0.2) is 0 Å². The van der Waals surface area contributed by atoms with Gasteiger partial charge in [0.05, 0.1) is 17.2 Å². The highest BCUT2D eigenvalue weighted by Crippen LogP contribution is 2.12. The molecule has 0 aliphatic rings. The molecule has 0 bridgehead atoms. The second-order valence-electron chi connectivity index (χ2n) is 3.00. The van der Waals surface area contributed by atoms with E-state index in [2.05, 4.69) is 10.1 Å². The third-order valence-corrected chi connectivity index (χ3v) is 2.66. The molecule has 13 heavy (non-hydrogen) atoms. The topological polar surface area (TPSA) is 30.7 Å². The molecule has 0 atom stereocenters. The molecule has 0 radical (unpaired) electrons. The van der Waals surface area contributed by atoms with Crippen LogP contribution in [-0.2, 0) is 6.54 Å². The lowest BCUT2D eigenvalue weighted by Gasteiger charge is -1.95. The van der Waals surface area contributed by atoms with E-state index in [0.29, 0.717) is 0 Å². The first kappa shape index (κ1) is 8.44. The second-order valence-corrected chi connectivity index (χ2v) is 4.32. The van der Waals surface area contributed by atoms with Crippen LogP contribution in [0, 0.1) is 13.8 Å². The number of aromatic nitrogens is 3. The fourth-order valence-corrected chi connectivity index (χ4v) is 1.98. The molecule has 2 aromatic heterocycles. The quantitative estimate of drug-likeness (QED) is 0.730. The van der Waals surface area contributed by atoms with E-state index in [1.807, 2.05) is 37.0 Å². The highest BCUT2D eigenvalue weighted by molar-refractivity contribution is 7.11. The Morgan fingerprint density at radius 3 is 2.85 bits per heavy atom. The van der Waals surface area contributed by atoms with Crippen LogP contribution < -0.4 is 0 Å². The lowest BCUT2D eigenvalue weighted by atomic mass is 10.5. The molecule has 2 aromatic rings. The zero-order valence-electron chi connectivity index (χ0n) is 7.69. The monoisotopic (exact) mass is 193 g/mol. The van der Waals surface area contributed by atoms with Gasteiger partial charge >= 0.3 is 0 Å². The molecule has 0 fully saturated rings. The Morgan fingerprint density at radius 1 is 1.46 bits per heavy atom. The molecule has 0 amide bonds. The average molecular weight is 193 g/mol. The number of rotatable bonds is 2. The van der Waals surface area contributed by atoms with Crippen LogP contribution in [0.3, 0.4) is 0 Å². The van der Waals surface area contributed by atoms with Crippen molar-refractivity contribution >= 4 is 11.3 Å². The zero-order chi connectivity index (χ0) is 9.26. The molecule has 0 unspecified atom stereocenters. The largest absolute Gasteiger partial charge is 0.267 e. The second kappa shape index (κ2) is 3.30. The third-order valence-electron chi connectivity index (χ3n) is 1.76. The molecule has 0 aromatic carbocycles. The molecule has 68 valence electrons. The molecule has 0 spiro atoms. The molecular formula is C9H11N3S. The summed E-state index contributed by atoms with van der Waals surface area (Å²) in [5.74, 6) is 0. The van der Waals surface area contributed by atoms with Crippen molar-refractivity contribution in [2.24, 2.45) is 0 Å². The SMILES string of the molecule is Cc1ccn(Cc2cnc(C)s2)n1. The van der Waals surface area contributed by atoms with Gasteiger partial charge in [-0.1, -0.05) is 0 Å². The molecule has 4 heteroatoms. The molecule has 0 saturated heterocycles. The van der Waals surface area contributed by atoms with Crippen LogP contribution in [0.25, 0.3) is 0 Å². The first-order valence-electron chi connectivity index (χ1n) is 4.15. The van der Waals surface area contributed by atoms with Gasteiger partial charge in [0.2, 0.25) is 0 Å². The molecule has 0 N–H and O–H groups in total. The van der Waals surface area contributed by atoms with Crippen molar-refractivity contribution in [2.45, 2.75) is 20.4 Å². The molecule has 3 nitrogen and oxygen atoms in total. The van der Waals surface area contributed by atoms with Gasteiger partial charge in [0.25, 0.3) is 0 Å². The summed E-state index contributed by atoms with van der Waals surface area (Å²) in [4.78, 5) is 5.45. The van der Waals surface area contributed by atoms with Crippen molar-refractivity contribution in [2.75, 3.05) is 0 Å². The van der Waals surface area contributed by atoms with E-state index in [1.54, 1.807) is 11.3 Å². The Bertz CT molecular complexity index is 364. The normalized spacial score (nSPS) is 10.6. The van der Waals surface area contributed by atoms with Crippen molar-refractivity contribution in [3.63, 3.8) is 0 Å². The fourth-order valence-electron chi connectivity index (χ4n) is 1.19. The summed E-state index contributed by atoms with van der Waals surface area (Å²) in [7, 11) is 0. The molecular weight excluding hydrogens is 182 g/mol. The number of nitrogens with zero attached hydrogens (tertiary/aromatic N) is 3. The van der Waals surface area contributed by atoms with Crippen molar-refractivity contribution < 1.29 is 0 Å². The molecule has 0 saturated carbocycles. The van der Waals surface area contributed by atoms with Crippen LogP contribution in [0.1, 0.15) is 15.6 Å². The highest BCUT2D eigenvalue weighted by atomic mass is 32.1. The number of hydrogen-bond donors (Lipinski definition) is 0. The van der Waals surface area contributed by atoms with Crippen LogP contribution >= 0.6 is 11.3 Å². The van der Waals surface area contributed by atoms with Crippen LogP contribution in [-0.4, -0.2) is 14.8 Å². The predicted molar refractivity (Wildman–Crippen MR) is 52.9 cm³/mol. The predicted octanol–water partition coefficient (Wildman–Crippen LogP) is 2.00. The molecule has 2 heterocycles. The van der Waals surface area contributed by atoms with Crippen molar-refractivity contribution in [1.29, 1.82) is 0 Å². The lowest BCUT2D eigenvalue weighted by Crippen LogP contribution is -1.98. The Morgan fingerprint density at radius 2 is 2.31 bits per heavy atom. The van der Waals surface area contributed by atoms with E-state index >= 15 is 0 Å². The van der Waals surface area contributed by atoms with E-state index < -0.39 is 0 Å². The first-order chi connectivity index (χ1) is 6.24. The number of thiazole rings is 1. The smallest absolute Gasteiger partial charge is 0.0897 e. The van der Waals surface area contributed by atoms with Crippen molar-refractivity contribution in [1.82, 2.24) is 14.8 Å². The van der Waals surface area contributed by atoms with Gasteiger partial charge in [0, 0.05) is 17.3 Å². The van der Waals surface area contributed by atoms with Gasteiger partial charge < -0.3 is 0 Å². The lowest BCUT2D eigenvalue weighted by molar-refractivity contribution is 0.686. The van der Waals surface area contributed by atoms with E-state index in [-0.39, 0.29) is 0 Å². The van der Waals surface area contributed by atoms with Gasteiger partial charge in [-0.25, -0.2) is 4.98 Å². The van der Waals surface area contributed by atoms with E-state index in [9.17, 15) is 0 Å². The molecule has 0 aliphatic heterocycles. The van der Waals surface area contributed by atoms with Gasteiger partial charge in [-0.15, -0.1) is 11.3 Å². The Kier molecular flexibility index (Phi) is 2.14. The molecule has 2 rings (SSSR count).